The molecule has 0 saturated heterocycles. The number of rotatable bonds is 3. The van der Waals surface area contributed by atoms with Crippen LogP contribution in [-0.2, 0) is 6.42 Å². The fraction of sp³-hybridized carbons (Fsp3) is 0.133. The Labute approximate surface area is 101 Å². The zero-order chi connectivity index (χ0) is 12.1. The molecule has 2 heteroatoms. The number of aryl methyl sites for hydroxylation is 1. The average Bonchev–Trinajstić information content (AvgIpc) is 2.42. The van der Waals surface area contributed by atoms with Crippen LogP contribution in [0.25, 0.3) is 0 Å². The summed E-state index contributed by atoms with van der Waals surface area (Å²) in [5.41, 5.74) is 11.3. The first-order valence-electron chi connectivity index (χ1n) is 5.74. The number of hydrogen-bond donors (Lipinski definition) is 1. The second kappa shape index (κ2) is 5.24. The third-order valence-corrected chi connectivity index (χ3v) is 2.79. The second-order valence-corrected chi connectivity index (χ2v) is 3.88. The maximum Gasteiger partial charge on any atom is 0.379 e. The predicted molar refractivity (Wildman–Crippen MR) is 68.5 cm³/mol. The zero-order valence-electron chi connectivity index (χ0n) is 9.85. The third-order valence-electron chi connectivity index (χ3n) is 2.79. The van der Waals surface area contributed by atoms with E-state index in [1.54, 1.807) is 0 Å². The van der Waals surface area contributed by atoms with Gasteiger partial charge in [-0.2, -0.15) is 0 Å². The molecule has 0 radical (unpaired) electrons. The van der Waals surface area contributed by atoms with E-state index in [1.807, 2.05) is 42.5 Å². The van der Waals surface area contributed by atoms with E-state index in [1.165, 1.54) is 5.56 Å². The molecular formula is C15H15N2+. The van der Waals surface area contributed by atoms with Crippen LogP contribution in [0, 0.1) is 5.53 Å². The molecule has 0 aliphatic rings. The van der Waals surface area contributed by atoms with Crippen molar-refractivity contribution in [2.75, 3.05) is 0 Å². The van der Waals surface area contributed by atoms with Crippen LogP contribution in [0.2, 0.25) is 0 Å². The van der Waals surface area contributed by atoms with Gasteiger partial charge in [-0.1, -0.05) is 37.3 Å². The van der Waals surface area contributed by atoms with Crippen molar-refractivity contribution in [1.82, 2.24) is 0 Å². The lowest BCUT2D eigenvalue weighted by Gasteiger charge is -1.98. The van der Waals surface area contributed by atoms with Gasteiger partial charge in [0.1, 0.15) is 0 Å². The van der Waals surface area contributed by atoms with Crippen molar-refractivity contribution in [2.45, 2.75) is 13.3 Å². The molecule has 0 fully saturated rings. The molecule has 17 heavy (non-hydrogen) atoms. The maximum atomic E-state index is 7.32. The minimum absolute atomic E-state index is 0.716. The molecular weight excluding hydrogens is 208 g/mol. The summed E-state index contributed by atoms with van der Waals surface area (Å²) in [6.45, 7) is 2.13. The van der Waals surface area contributed by atoms with Crippen molar-refractivity contribution in [3.8, 4) is 0 Å². The van der Waals surface area contributed by atoms with E-state index in [0.717, 1.165) is 17.5 Å². The molecule has 84 valence electrons. The van der Waals surface area contributed by atoms with Gasteiger partial charge in [0.2, 0.25) is 0 Å². The Kier molecular flexibility index (Phi) is 3.49. The molecule has 2 aromatic carbocycles. The average molecular weight is 223 g/mol. The summed E-state index contributed by atoms with van der Waals surface area (Å²) in [7, 11) is 0. The van der Waals surface area contributed by atoms with Crippen molar-refractivity contribution >= 4 is 5.71 Å². The van der Waals surface area contributed by atoms with E-state index in [-0.39, 0.29) is 0 Å². The minimum atomic E-state index is 0.716. The van der Waals surface area contributed by atoms with E-state index >= 15 is 0 Å². The largest absolute Gasteiger partial charge is 0.379 e. The smallest absolute Gasteiger partial charge is 0.0622 e. The van der Waals surface area contributed by atoms with Gasteiger partial charge in [-0.25, -0.2) is 0 Å². The number of nitrogens with zero attached hydrogens (tertiary/aromatic N) is 1. The Morgan fingerprint density at radius 2 is 1.53 bits per heavy atom. The van der Waals surface area contributed by atoms with Crippen LogP contribution in [0.1, 0.15) is 23.6 Å². The highest BCUT2D eigenvalue weighted by molar-refractivity contribution is 6.09. The van der Waals surface area contributed by atoms with E-state index < -0.39 is 0 Å². The summed E-state index contributed by atoms with van der Waals surface area (Å²) in [5, 5.41) is 0. The molecule has 0 unspecified atom stereocenters. The lowest BCUT2D eigenvalue weighted by molar-refractivity contribution is -0.117. The molecule has 2 nitrogen and oxygen atoms in total. The van der Waals surface area contributed by atoms with Gasteiger partial charge < -0.3 is 0 Å². The van der Waals surface area contributed by atoms with Gasteiger partial charge in [-0.05, 0) is 36.2 Å². The van der Waals surface area contributed by atoms with Crippen LogP contribution >= 0.6 is 0 Å². The highest BCUT2D eigenvalue weighted by Gasteiger charge is 2.16. The lowest BCUT2D eigenvalue weighted by atomic mass is 10.0. The van der Waals surface area contributed by atoms with Crippen LogP contribution in [0.5, 0.6) is 0 Å². The van der Waals surface area contributed by atoms with Crippen LogP contribution in [0.4, 0.5) is 0 Å². The third kappa shape index (κ3) is 2.49. The van der Waals surface area contributed by atoms with E-state index in [4.69, 9.17) is 5.53 Å². The first-order chi connectivity index (χ1) is 8.35. The van der Waals surface area contributed by atoms with Crippen LogP contribution in [0.3, 0.4) is 0 Å². The van der Waals surface area contributed by atoms with Gasteiger partial charge in [0.15, 0.2) is 0 Å². The van der Waals surface area contributed by atoms with Crippen LogP contribution in [0.15, 0.2) is 54.6 Å². The number of hydrogen-bond acceptors (Lipinski definition) is 1. The summed E-state index contributed by atoms with van der Waals surface area (Å²) >= 11 is 0. The van der Waals surface area contributed by atoms with Crippen molar-refractivity contribution < 1.29 is 4.79 Å². The Balaban J connectivity index is 2.40. The molecule has 0 bridgehead atoms. The summed E-state index contributed by atoms with van der Waals surface area (Å²) in [6.07, 6.45) is 1.03. The van der Waals surface area contributed by atoms with E-state index in [9.17, 15) is 0 Å². The minimum Gasteiger partial charge on any atom is -0.0622 e. The van der Waals surface area contributed by atoms with Gasteiger partial charge in [0, 0.05) is 0 Å². The first kappa shape index (κ1) is 11.3. The van der Waals surface area contributed by atoms with Gasteiger partial charge in [-0.3, -0.25) is 0 Å². The topological polar surface area (TPSA) is 38.0 Å². The standard InChI is InChI=1S/C15H15N2/c1-2-12-8-10-14(11-9-12)15(17-16)13-6-4-3-5-7-13/h3-11,16H,2H2,1H3/q+1. The summed E-state index contributed by atoms with van der Waals surface area (Å²) in [5.74, 6) is 0. The molecule has 0 saturated carbocycles. The summed E-state index contributed by atoms with van der Waals surface area (Å²) < 4.78 is 0. The summed E-state index contributed by atoms with van der Waals surface area (Å²) in [4.78, 5) is 3.65. The highest BCUT2D eigenvalue weighted by atomic mass is 14.9. The lowest BCUT2D eigenvalue weighted by Crippen LogP contribution is -2.04. The predicted octanol–water partition coefficient (Wildman–Crippen LogP) is 3.33. The quantitative estimate of drug-likeness (QED) is 0.471. The van der Waals surface area contributed by atoms with Crippen molar-refractivity contribution in [2.24, 2.45) is 0 Å². The van der Waals surface area contributed by atoms with Crippen molar-refractivity contribution in [3.05, 3.63) is 71.3 Å². The fourth-order valence-corrected chi connectivity index (χ4v) is 1.79. The zero-order valence-corrected chi connectivity index (χ0v) is 9.85. The summed E-state index contributed by atoms with van der Waals surface area (Å²) in [6, 6.07) is 18.1. The first-order valence-corrected chi connectivity index (χ1v) is 5.74. The normalized spacial score (nSPS) is 9.71. The van der Waals surface area contributed by atoms with E-state index in [2.05, 4.69) is 23.8 Å². The molecule has 1 N–H and O–H groups in total. The van der Waals surface area contributed by atoms with Gasteiger partial charge in [0.05, 0.1) is 21.4 Å². The van der Waals surface area contributed by atoms with Crippen LogP contribution < -0.4 is 0 Å². The number of benzene rings is 2. The maximum absolute atomic E-state index is 7.32. The molecule has 2 aromatic rings. The van der Waals surface area contributed by atoms with Crippen molar-refractivity contribution in [1.29, 1.82) is 5.53 Å². The SMILES string of the molecule is CCc1ccc(C(=[N+]=N)c2ccccc2)cc1. The molecule has 0 heterocycles. The molecule has 0 aromatic heterocycles. The van der Waals surface area contributed by atoms with Crippen molar-refractivity contribution in [3.63, 3.8) is 0 Å². The Hall–Kier alpha value is -2.18. The molecule has 0 atom stereocenters. The van der Waals surface area contributed by atoms with E-state index in [0.29, 0.717) is 5.71 Å². The molecule has 2 rings (SSSR count). The van der Waals surface area contributed by atoms with Gasteiger partial charge in [-0.15, -0.1) is 0 Å². The van der Waals surface area contributed by atoms with Gasteiger partial charge >= 0.3 is 5.71 Å². The second-order valence-electron chi connectivity index (χ2n) is 3.88. The Morgan fingerprint density at radius 1 is 0.941 bits per heavy atom. The highest BCUT2D eigenvalue weighted by Crippen LogP contribution is 2.10. The van der Waals surface area contributed by atoms with Crippen LogP contribution in [-0.4, -0.2) is 10.5 Å². The molecule has 0 aliphatic carbocycles. The monoisotopic (exact) mass is 223 g/mol. The molecule has 0 spiro atoms. The fourth-order valence-electron chi connectivity index (χ4n) is 1.79. The Morgan fingerprint density at radius 3 is 2.06 bits per heavy atom. The molecule has 0 aliphatic heterocycles. The molecule has 0 amide bonds. The van der Waals surface area contributed by atoms with Gasteiger partial charge in [0.25, 0.3) is 0 Å². The Bertz CT molecular complexity index is 535. The number of nitrogens with one attached hydrogen (secondary N) is 1.